The van der Waals surface area contributed by atoms with Crippen LogP contribution < -0.4 is 20.0 Å². The Morgan fingerprint density at radius 1 is 0.907 bits per heavy atom. The van der Waals surface area contributed by atoms with Crippen LogP contribution >= 0.6 is 11.6 Å². The number of nitrogens with zero attached hydrogens (tertiary/aromatic N) is 4. The van der Waals surface area contributed by atoms with Crippen LogP contribution in [0.1, 0.15) is 42.9 Å². The molecule has 3 aliphatic rings. The molecule has 7 rings (SSSR count). The van der Waals surface area contributed by atoms with Gasteiger partial charge >= 0.3 is 0 Å². The monoisotopic (exact) mass is 747 g/mol. The van der Waals surface area contributed by atoms with Crippen molar-refractivity contribution >= 4 is 46.4 Å². The lowest BCUT2D eigenvalue weighted by Gasteiger charge is -2.39. The fourth-order valence-electron chi connectivity index (χ4n) is 8.07. The van der Waals surface area contributed by atoms with Gasteiger partial charge < -0.3 is 30.2 Å². The van der Waals surface area contributed by atoms with E-state index < -0.39 is 23.0 Å². The van der Waals surface area contributed by atoms with Crippen LogP contribution in [0, 0.1) is 5.92 Å². The van der Waals surface area contributed by atoms with E-state index in [-0.39, 0.29) is 37.9 Å². The average molecular weight is 748 g/mol. The van der Waals surface area contributed by atoms with Crippen molar-refractivity contribution < 1.29 is 24.6 Å². The molecule has 2 atom stereocenters. The molecule has 0 aromatic heterocycles. The molecule has 11 heteroatoms. The summed E-state index contributed by atoms with van der Waals surface area (Å²) in [6, 6.07) is 32.4. The number of hydrogen-bond acceptors (Lipinski definition) is 7. The minimum absolute atomic E-state index is 0.0422. The van der Waals surface area contributed by atoms with Gasteiger partial charge in [0.1, 0.15) is 5.54 Å². The van der Waals surface area contributed by atoms with Crippen LogP contribution in [0.4, 0.5) is 17.1 Å². The highest BCUT2D eigenvalue weighted by molar-refractivity contribution is 6.31. The van der Waals surface area contributed by atoms with Crippen molar-refractivity contribution in [2.75, 3.05) is 47.6 Å². The number of anilines is 3. The molecule has 1 spiro atoms. The minimum atomic E-state index is -1.92. The van der Waals surface area contributed by atoms with E-state index in [0.29, 0.717) is 29.5 Å². The van der Waals surface area contributed by atoms with E-state index >= 15 is 0 Å². The number of rotatable bonds is 12. The van der Waals surface area contributed by atoms with Crippen molar-refractivity contribution in [3.8, 4) is 0 Å². The summed E-state index contributed by atoms with van der Waals surface area (Å²) < 4.78 is 0. The number of nitrogens with one attached hydrogen (secondary N) is 1. The van der Waals surface area contributed by atoms with Gasteiger partial charge in [-0.05, 0) is 79.5 Å². The highest BCUT2D eigenvalue weighted by Gasteiger charge is 2.54. The summed E-state index contributed by atoms with van der Waals surface area (Å²) in [4.78, 5) is 48.8. The molecule has 54 heavy (non-hydrogen) atoms. The third-order valence-corrected chi connectivity index (χ3v) is 11.3. The number of carbonyl (C=O) groups excluding carboxylic acids is 3. The molecule has 0 bridgehead atoms. The second kappa shape index (κ2) is 15.8. The van der Waals surface area contributed by atoms with Gasteiger partial charge in [-0.2, -0.15) is 0 Å². The third-order valence-electron chi connectivity index (χ3n) is 11.1. The molecule has 0 unspecified atom stereocenters. The van der Waals surface area contributed by atoms with Gasteiger partial charge in [0.15, 0.2) is 5.60 Å². The van der Waals surface area contributed by atoms with Gasteiger partial charge in [0.05, 0.1) is 25.5 Å². The summed E-state index contributed by atoms with van der Waals surface area (Å²) in [5, 5.41) is 25.6. The summed E-state index contributed by atoms with van der Waals surface area (Å²) >= 11 is 6.41. The Morgan fingerprint density at radius 2 is 1.59 bits per heavy atom. The molecule has 4 aromatic carbocycles. The highest BCUT2D eigenvalue weighted by Crippen LogP contribution is 2.47. The SMILES string of the molecule is C[C@H](/C=C/CC(=O)N(CCO)Cc1ccccc1)[C@@]1(O)C(=O)N(Cc2ccc(N3CN(c4ccccc4)C4(CCNCC4)C3=O)cc2)c2ccc(Cl)cc21. The third kappa shape index (κ3) is 7.02. The molecule has 3 heterocycles. The number of amides is 3. The molecule has 0 radical (unpaired) electrons. The van der Waals surface area contributed by atoms with E-state index in [1.807, 2.05) is 77.7 Å². The summed E-state index contributed by atoms with van der Waals surface area (Å²) in [5.74, 6) is -1.27. The van der Waals surface area contributed by atoms with Crippen LogP contribution in [-0.2, 0) is 33.1 Å². The predicted octanol–water partition coefficient (Wildman–Crippen LogP) is 5.61. The Balaban J connectivity index is 1.07. The molecule has 3 aliphatic heterocycles. The van der Waals surface area contributed by atoms with Gasteiger partial charge in [-0.3, -0.25) is 19.3 Å². The smallest absolute Gasteiger partial charge is 0.264 e. The first kappa shape index (κ1) is 37.3. The summed E-state index contributed by atoms with van der Waals surface area (Å²) in [6.45, 7) is 4.33. The molecular formula is C43H46ClN5O5. The number of aliphatic hydroxyl groups excluding tert-OH is 1. The van der Waals surface area contributed by atoms with Crippen molar-refractivity contribution in [1.29, 1.82) is 0 Å². The first-order valence-corrected chi connectivity index (χ1v) is 18.9. The standard InChI is InChI=1S/C43H46ClN5O5/c1-31(9-8-14-39(51)46(25-26-50)28-32-10-4-2-5-11-32)43(54)37-27-34(44)17-20-38(37)47(41(43)53)29-33-15-18-35(19-16-33)48-30-49(36-12-6-3-7-13-36)42(40(48)52)21-23-45-24-22-42/h2-13,15-20,27,31,45,50,54H,14,21-26,28-30H2,1H3/b9-8+/t31-,43+/m1/s1. The van der Waals surface area contributed by atoms with Gasteiger partial charge in [0.2, 0.25) is 5.91 Å². The molecule has 0 saturated carbocycles. The molecule has 280 valence electrons. The van der Waals surface area contributed by atoms with Crippen molar-refractivity contribution in [2.45, 2.75) is 50.4 Å². The maximum atomic E-state index is 14.2. The number of fused-ring (bicyclic) bond motifs is 1. The van der Waals surface area contributed by atoms with Gasteiger partial charge in [-0.1, -0.05) is 91.3 Å². The topological polar surface area (TPSA) is 117 Å². The van der Waals surface area contributed by atoms with Gasteiger partial charge in [-0.25, -0.2) is 0 Å². The number of para-hydroxylation sites is 1. The molecule has 10 nitrogen and oxygen atoms in total. The number of halogens is 1. The fourth-order valence-corrected chi connectivity index (χ4v) is 8.24. The van der Waals surface area contributed by atoms with Gasteiger partial charge in [0, 0.05) is 47.4 Å². The largest absolute Gasteiger partial charge is 0.395 e. The maximum absolute atomic E-state index is 14.2. The van der Waals surface area contributed by atoms with E-state index in [1.165, 1.54) is 0 Å². The number of aliphatic hydroxyl groups is 2. The second-order valence-corrected chi connectivity index (χ2v) is 14.8. The normalized spacial score (nSPS) is 19.9. The summed E-state index contributed by atoms with van der Waals surface area (Å²) in [7, 11) is 0. The van der Waals surface area contributed by atoms with Crippen LogP contribution in [0.5, 0.6) is 0 Å². The van der Waals surface area contributed by atoms with Crippen LogP contribution in [0.15, 0.2) is 115 Å². The molecule has 0 aliphatic carbocycles. The van der Waals surface area contributed by atoms with Crippen molar-refractivity contribution in [2.24, 2.45) is 5.92 Å². The maximum Gasteiger partial charge on any atom is 0.264 e. The number of benzene rings is 4. The molecule has 3 amide bonds. The van der Waals surface area contributed by atoms with Gasteiger partial charge in [-0.15, -0.1) is 0 Å². The summed E-state index contributed by atoms with van der Waals surface area (Å²) in [5.41, 5.74) is 2.03. The quantitative estimate of drug-likeness (QED) is 0.162. The van der Waals surface area contributed by atoms with E-state index in [0.717, 1.165) is 48.4 Å². The van der Waals surface area contributed by atoms with Crippen LogP contribution in [0.25, 0.3) is 0 Å². The van der Waals surface area contributed by atoms with Crippen LogP contribution in [0.3, 0.4) is 0 Å². The Bertz CT molecular complexity index is 2000. The lowest BCUT2D eigenvalue weighted by molar-refractivity contribution is -0.139. The van der Waals surface area contributed by atoms with Crippen molar-refractivity contribution in [1.82, 2.24) is 10.2 Å². The predicted molar refractivity (Wildman–Crippen MR) is 211 cm³/mol. The Morgan fingerprint density at radius 3 is 2.28 bits per heavy atom. The lowest BCUT2D eigenvalue weighted by Crippen LogP contribution is -2.55. The molecular weight excluding hydrogens is 702 g/mol. The number of carbonyl (C=O) groups is 3. The molecule has 3 N–H and O–H groups in total. The second-order valence-electron chi connectivity index (χ2n) is 14.4. The first-order valence-electron chi connectivity index (χ1n) is 18.5. The molecule has 2 saturated heterocycles. The minimum Gasteiger partial charge on any atom is -0.395 e. The van der Waals surface area contributed by atoms with E-state index in [4.69, 9.17) is 11.6 Å². The zero-order chi connectivity index (χ0) is 37.9. The van der Waals surface area contributed by atoms with Crippen LogP contribution in [-0.4, -0.2) is 71.3 Å². The number of hydrogen-bond donors (Lipinski definition) is 3. The van der Waals surface area contributed by atoms with Crippen molar-refractivity contribution in [3.05, 3.63) is 137 Å². The lowest BCUT2D eigenvalue weighted by atomic mass is 9.83. The van der Waals surface area contributed by atoms with Gasteiger partial charge in [0.25, 0.3) is 11.8 Å². The van der Waals surface area contributed by atoms with E-state index in [1.54, 1.807) is 47.1 Å². The van der Waals surface area contributed by atoms with E-state index in [9.17, 15) is 24.6 Å². The Kier molecular flexibility index (Phi) is 10.9. The fraction of sp³-hybridized carbons (Fsp3) is 0.326. The first-order chi connectivity index (χ1) is 26.2. The average Bonchev–Trinajstić information content (AvgIpc) is 3.58. The van der Waals surface area contributed by atoms with E-state index in [2.05, 4.69) is 22.3 Å². The molecule has 4 aromatic rings. The zero-order valence-corrected chi connectivity index (χ0v) is 31.2. The highest BCUT2D eigenvalue weighted by atomic mass is 35.5. The Labute approximate surface area is 321 Å². The summed E-state index contributed by atoms with van der Waals surface area (Å²) in [6.07, 6.45) is 4.85. The zero-order valence-electron chi connectivity index (χ0n) is 30.4. The van der Waals surface area contributed by atoms with Crippen LogP contribution in [0.2, 0.25) is 5.02 Å². The number of piperidine rings is 1. The Hall–Kier alpha value is -5.00. The van der Waals surface area contributed by atoms with Crippen molar-refractivity contribution in [3.63, 3.8) is 0 Å². The molecule has 2 fully saturated rings.